The second-order valence-electron chi connectivity index (χ2n) is 6.49. The predicted octanol–water partition coefficient (Wildman–Crippen LogP) is 1.37. The molecule has 0 saturated carbocycles. The van der Waals surface area contributed by atoms with E-state index in [0.29, 0.717) is 31.6 Å². The summed E-state index contributed by atoms with van der Waals surface area (Å²) in [6.07, 6.45) is 5.13. The highest BCUT2D eigenvalue weighted by molar-refractivity contribution is 5.94. The summed E-state index contributed by atoms with van der Waals surface area (Å²) in [5.74, 6) is 0.00430. The van der Waals surface area contributed by atoms with Gasteiger partial charge < -0.3 is 15.0 Å². The fraction of sp³-hybridized carbons (Fsp3) is 0.412. The number of likely N-dealkylation sites (tertiary alicyclic amines) is 1. The maximum Gasteiger partial charge on any atom is 0.407 e. The van der Waals surface area contributed by atoms with Crippen molar-refractivity contribution in [1.82, 2.24) is 25.0 Å². The minimum atomic E-state index is -0.454. The van der Waals surface area contributed by atoms with Gasteiger partial charge in [0.2, 0.25) is 0 Å². The Kier molecular flexibility index (Phi) is 3.87. The van der Waals surface area contributed by atoms with Gasteiger partial charge in [-0.15, -0.1) is 10.2 Å². The lowest BCUT2D eigenvalue weighted by Crippen LogP contribution is -2.36. The summed E-state index contributed by atoms with van der Waals surface area (Å²) in [7, 11) is 0. The van der Waals surface area contributed by atoms with Crippen molar-refractivity contribution in [3.05, 3.63) is 42.5 Å². The third-order valence-electron chi connectivity index (χ3n) is 4.88. The monoisotopic (exact) mass is 341 g/mol. The molecule has 25 heavy (non-hydrogen) atoms. The van der Waals surface area contributed by atoms with Crippen LogP contribution in [-0.2, 0) is 4.74 Å². The number of nitrogens with one attached hydrogen (secondary N) is 1. The van der Waals surface area contributed by atoms with E-state index in [1.807, 2.05) is 29.2 Å². The number of alkyl carbamates (subject to hydrolysis) is 1. The van der Waals surface area contributed by atoms with Gasteiger partial charge in [0.25, 0.3) is 5.91 Å². The molecule has 2 saturated heterocycles. The molecule has 2 fully saturated rings. The third-order valence-corrected chi connectivity index (χ3v) is 4.88. The lowest BCUT2D eigenvalue weighted by Gasteiger charge is -2.25. The normalized spacial score (nSPS) is 23.2. The van der Waals surface area contributed by atoms with Gasteiger partial charge in [-0.1, -0.05) is 0 Å². The first kappa shape index (κ1) is 15.6. The van der Waals surface area contributed by atoms with E-state index in [1.54, 1.807) is 17.2 Å². The predicted molar refractivity (Wildman–Crippen MR) is 88.3 cm³/mol. The van der Waals surface area contributed by atoms with Crippen molar-refractivity contribution >= 4 is 12.0 Å². The first-order chi connectivity index (χ1) is 12.2. The number of carbonyl (C=O) groups excluding carboxylic acids is 2. The SMILES string of the molecule is O=C1NC[C@@]2(CCCN(C(=O)c3ccc(-n4cnnc4)cc3)CC2)O1. The molecule has 3 heterocycles. The zero-order chi connectivity index (χ0) is 17.3. The molecule has 2 amide bonds. The molecule has 0 aliphatic carbocycles. The molecule has 1 aromatic carbocycles. The van der Waals surface area contributed by atoms with Crippen molar-refractivity contribution in [3.63, 3.8) is 0 Å². The molecule has 1 aromatic heterocycles. The van der Waals surface area contributed by atoms with Crippen LogP contribution in [0.5, 0.6) is 0 Å². The van der Waals surface area contributed by atoms with Gasteiger partial charge in [0, 0.05) is 30.8 Å². The van der Waals surface area contributed by atoms with Gasteiger partial charge in [0.15, 0.2) is 0 Å². The van der Waals surface area contributed by atoms with Gasteiger partial charge >= 0.3 is 6.09 Å². The standard InChI is InChI=1S/C17H19N5O3/c23-15(13-2-4-14(5-3-13)22-11-19-20-12-22)21-8-1-6-17(7-9-21)10-18-16(24)25-17/h2-5,11-12H,1,6-10H2,(H,18,24)/t17-/m0/s1. The average Bonchev–Trinajstić information content (AvgIpc) is 3.23. The smallest absolute Gasteiger partial charge is 0.407 e. The number of amides is 2. The Morgan fingerprint density at radius 3 is 2.56 bits per heavy atom. The quantitative estimate of drug-likeness (QED) is 0.891. The Morgan fingerprint density at radius 2 is 1.88 bits per heavy atom. The Balaban J connectivity index is 1.45. The summed E-state index contributed by atoms with van der Waals surface area (Å²) < 4.78 is 7.24. The van der Waals surface area contributed by atoms with Crippen LogP contribution < -0.4 is 5.32 Å². The maximum absolute atomic E-state index is 12.8. The number of aromatic nitrogens is 3. The molecule has 2 aliphatic heterocycles. The van der Waals surface area contributed by atoms with Crippen LogP contribution in [0.1, 0.15) is 29.6 Å². The van der Waals surface area contributed by atoms with Gasteiger partial charge in [-0.25, -0.2) is 4.79 Å². The molecular formula is C17H19N5O3. The number of ether oxygens (including phenoxy) is 1. The summed E-state index contributed by atoms with van der Waals surface area (Å²) in [5.41, 5.74) is 1.10. The molecule has 1 N–H and O–H groups in total. The van der Waals surface area contributed by atoms with Crippen LogP contribution in [-0.4, -0.2) is 56.9 Å². The number of benzene rings is 1. The zero-order valence-electron chi connectivity index (χ0n) is 13.7. The van der Waals surface area contributed by atoms with Gasteiger partial charge in [0.05, 0.1) is 6.54 Å². The van der Waals surface area contributed by atoms with Gasteiger partial charge in [-0.3, -0.25) is 9.36 Å². The molecule has 0 bridgehead atoms. The summed E-state index contributed by atoms with van der Waals surface area (Å²) in [5, 5.41) is 10.3. The van der Waals surface area contributed by atoms with Crippen molar-refractivity contribution in [2.45, 2.75) is 24.9 Å². The largest absolute Gasteiger partial charge is 0.441 e. The van der Waals surface area contributed by atoms with Crippen LogP contribution >= 0.6 is 0 Å². The Bertz CT molecular complexity index is 774. The van der Waals surface area contributed by atoms with Crippen molar-refractivity contribution in [3.8, 4) is 5.69 Å². The van der Waals surface area contributed by atoms with Crippen molar-refractivity contribution in [1.29, 1.82) is 0 Å². The Morgan fingerprint density at radius 1 is 1.12 bits per heavy atom. The molecule has 1 atom stereocenters. The van der Waals surface area contributed by atoms with Gasteiger partial charge in [-0.2, -0.15) is 0 Å². The zero-order valence-corrected chi connectivity index (χ0v) is 13.7. The molecule has 4 rings (SSSR count). The van der Waals surface area contributed by atoms with Crippen LogP contribution in [0.4, 0.5) is 4.79 Å². The van der Waals surface area contributed by atoms with Gasteiger partial charge in [-0.05, 0) is 37.1 Å². The minimum Gasteiger partial charge on any atom is -0.441 e. The molecule has 0 unspecified atom stereocenters. The van der Waals surface area contributed by atoms with Crippen molar-refractivity contribution in [2.24, 2.45) is 0 Å². The maximum atomic E-state index is 12.8. The van der Waals surface area contributed by atoms with Crippen LogP contribution in [0.25, 0.3) is 5.69 Å². The molecule has 8 nitrogen and oxygen atoms in total. The summed E-state index contributed by atoms with van der Waals surface area (Å²) in [6.45, 7) is 1.79. The van der Waals surface area contributed by atoms with E-state index in [2.05, 4.69) is 15.5 Å². The van der Waals surface area contributed by atoms with E-state index >= 15 is 0 Å². The van der Waals surface area contributed by atoms with E-state index in [1.165, 1.54) is 0 Å². The molecule has 1 spiro atoms. The Hall–Kier alpha value is -2.90. The highest BCUT2D eigenvalue weighted by Gasteiger charge is 2.41. The molecule has 130 valence electrons. The van der Waals surface area contributed by atoms with Crippen molar-refractivity contribution < 1.29 is 14.3 Å². The lowest BCUT2D eigenvalue weighted by molar-refractivity contribution is 0.0438. The second kappa shape index (κ2) is 6.19. The number of rotatable bonds is 2. The van der Waals surface area contributed by atoms with Crippen molar-refractivity contribution in [2.75, 3.05) is 19.6 Å². The van der Waals surface area contributed by atoms with Crippen LogP contribution in [0, 0.1) is 0 Å². The first-order valence-electron chi connectivity index (χ1n) is 8.36. The highest BCUT2D eigenvalue weighted by atomic mass is 16.6. The fourth-order valence-electron chi connectivity index (χ4n) is 3.44. The number of nitrogens with zero attached hydrogens (tertiary/aromatic N) is 4. The summed E-state index contributed by atoms with van der Waals surface area (Å²) >= 11 is 0. The van der Waals surface area contributed by atoms with Crippen LogP contribution in [0.3, 0.4) is 0 Å². The average molecular weight is 341 g/mol. The molecule has 0 radical (unpaired) electrons. The third kappa shape index (κ3) is 3.07. The summed E-state index contributed by atoms with van der Waals surface area (Å²) in [6, 6.07) is 7.38. The van der Waals surface area contributed by atoms with Crippen LogP contribution in [0.2, 0.25) is 0 Å². The second-order valence-corrected chi connectivity index (χ2v) is 6.49. The van der Waals surface area contributed by atoms with E-state index in [9.17, 15) is 9.59 Å². The number of hydrogen-bond donors (Lipinski definition) is 1. The number of hydrogen-bond acceptors (Lipinski definition) is 5. The topological polar surface area (TPSA) is 89.4 Å². The fourth-order valence-corrected chi connectivity index (χ4v) is 3.44. The minimum absolute atomic E-state index is 0.00430. The van der Waals surface area contributed by atoms with Gasteiger partial charge in [0.1, 0.15) is 18.3 Å². The lowest BCUT2D eigenvalue weighted by atomic mass is 9.95. The Labute approximate surface area is 144 Å². The van der Waals surface area contributed by atoms with E-state index in [0.717, 1.165) is 18.5 Å². The number of carbonyl (C=O) groups is 2. The van der Waals surface area contributed by atoms with E-state index in [4.69, 9.17) is 4.74 Å². The van der Waals surface area contributed by atoms with E-state index in [-0.39, 0.29) is 12.0 Å². The molecule has 2 aliphatic rings. The summed E-state index contributed by atoms with van der Waals surface area (Å²) in [4.78, 5) is 26.0. The van der Waals surface area contributed by atoms with Crippen LogP contribution in [0.15, 0.2) is 36.9 Å². The molecule has 2 aromatic rings. The molecular weight excluding hydrogens is 322 g/mol. The first-order valence-corrected chi connectivity index (χ1v) is 8.36. The molecule has 8 heteroatoms. The van der Waals surface area contributed by atoms with E-state index < -0.39 is 5.60 Å². The highest BCUT2D eigenvalue weighted by Crippen LogP contribution is 2.29.